The Balaban J connectivity index is 1.74. The van der Waals surface area contributed by atoms with E-state index in [1.807, 2.05) is 31.2 Å². The summed E-state index contributed by atoms with van der Waals surface area (Å²) < 4.78 is 34.3. The van der Waals surface area contributed by atoms with Crippen molar-refractivity contribution in [1.82, 2.24) is 10.2 Å². The number of anilines is 1. The van der Waals surface area contributed by atoms with Crippen LogP contribution in [0.1, 0.15) is 49.3 Å². The molecule has 3 aromatic carbocycles. The van der Waals surface area contributed by atoms with E-state index in [1.165, 1.54) is 43.2 Å². The number of hydrogen-bond acceptors (Lipinski definition) is 7. The van der Waals surface area contributed by atoms with Crippen molar-refractivity contribution in [2.45, 2.75) is 70.0 Å². The van der Waals surface area contributed by atoms with Gasteiger partial charge in [-0.15, -0.1) is 0 Å². The van der Waals surface area contributed by atoms with Gasteiger partial charge >= 0.3 is 0 Å². The maximum absolute atomic E-state index is 14.2. The van der Waals surface area contributed by atoms with Crippen molar-refractivity contribution in [3.8, 4) is 5.75 Å². The van der Waals surface area contributed by atoms with Gasteiger partial charge in [-0.2, -0.15) is 0 Å². The Bertz CT molecular complexity index is 1620. The summed E-state index contributed by atoms with van der Waals surface area (Å²) >= 11 is 0. The number of aryl methyl sites for hydroxylation is 2. The van der Waals surface area contributed by atoms with Crippen molar-refractivity contribution in [3.05, 3.63) is 93.5 Å². The second kappa shape index (κ2) is 13.9. The lowest BCUT2D eigenvalue weighted by atomic mass is 10.1. The molecule has 12 heteroatoms. The summed E-state index contributed by atoms with van der Waals surface area (Å²) in [5.41, 5.74) is 1.83. The van der Waals surface area contributed by atoms with Gasteiger partial charge in [-0.3, -0.25) is 24.0 Å². The van der Waals surface area contributed by atoms with Gasteiger partial charge in [0.05, 0.1) is 22.6 Å². The molecule has 0 aliphatic heterocycles. The standard InChI is InChI=1S/C32H38N4O7S/c1-22-9-5-6-10-25(22)20-34(24(3)32(38)33-26-11-7-8-12-26)31(37)21-35(27-14-16-28(43-4)17-15-27)44(41,42)29-18-13-23(2)30(19-29)36(39)40/h5-6,9-10,13-19,24,26H,7-8,11-12,20-21H2,1-4H3,(H,33,38)/t24-/m0/s1. The number of nitro groups is 1. The maximum atomic E-state index is 14.2. The number of nitrogens with one attached hydrogen (secondary N) is 1. The molecular weight excluding hydrogens is 584 g/mol. The van der Waals surface area contributed by atoms with E-state index in [4.69, 9.17) is 4.74 Å². The molecule has 1 aliphatic carbocycles. The van der Waals surface area contributed by atoms with Crippen LogP contribution in [0.5, 0.6) is 5.75 Å². The number of methoxy groups -OCH3 is 1. The number of sulfonamides is 1. The summed E-state index contributed by atoms with van der Waals surface area (Å²) in [5, 5.41) is 14.7. The van der Waals surface area contributed by atoms with E-state index in [0.717, 1.165) is 47.2 Å². The minimum atomic E-state index is -4.48. The van der Waals surface area contributed by atoms with Crippen molar-refractivity contribution < 1.29 is 27.7 Å². The Morgan fingerprint density at radius 2 is 1.68 bits per heavy atom. The van der Waals surface area contributed by atoms with Crippen molar-refractivity contribution in [2.75, 3.05) is 18.0 Å². The molecule has 0 aromatic heterocycles. The fourth-order valence-electron chi connectivity index (χ4n) is 5.30. The first-order valence-electron chi connectivity index (χ1n) is 14.5. The van der Waals surface area contributed by atoms with Gasteiger partial charge in [-0.25, -0.2) is 8.42 Å². The Morgan fingerprint density at radius 1 is 1.02 bits per heavy atom. The summed E-state index contributed by atoms with van der Waals surface area (Å²) in [6.45, 7) is 4.48. The minimum Gasteiger partial charge on any atom is -0.497 e. The zero-order valence-corrected chi connectivity index (χ0v) is 26.2. The third-order valence-corrected chi connectivity index (χ3v) is 9.85. The number of ether oxygens (including phenoxy) is 1. The Morgan fingerprint density at radius 3 is 2.30 bits per heavy atom. The predicted octanol–water partition coefficient (Wildman–Crippen LogP) is 4.89. The molecule has 1 saturated carbocycles. The highest BCUT2D eigenvalue weighted by Gasteiger charge is 2.34. The minimum absolute atomic E-state index is 0.0360. The van der Waals surface area contributed by atoms with Crippen LogP contribution in [0.15, 0.2) is 71.6 Å². The summed E-state index contributed by atoms with van der Waals surface area (Å²) in [4.78, 5) is 39.6. The number of nitro benzene ring substituents is 1. The van der Waals surface area contributed by atoms with E-state index in [1.54, 1.807) is 19.1 Å². The second-order valence-corrected chi connectivity index (χ2v) is 12.9. The number of carbonyl (C=O) groups excluding carboxylic acids is 2. The van der Waals surface area contributed by atoms with Gasteiger partial charge in [-0.05, 0) is 75.1 Å². The van der Waals surface area contributed by atoms with Crippen LogP contribution in [-0.2, 0) is 26.2 Å². The molecular formula is C32H38N4O7S. The quantitative estimate of drug-likeness (QED) is 0.224. The van der Waals surface area contributed by atoms with Crippen molar-refractivity contribution in [3.63, 3.8) is 0 Å². The highest BCUT2D eigenvalue weighted by molar-refractivity contribution is 7.92. The molecule has 1 fully saturated rings. The van der Waals surface area contributed by atoms with Crippen molar-refractivity contribution in [1.29, 1.82) is 0 Å². The van der Waals surface area contributed by atoms with Crippen LogP contribution in [0.3, 0.4) is 0 Å². The Labute approximate surface area is 258 Å². The summed E-state index contributed by atoms with van der Waals surface area (Å²) in [5.74, 6) is -0.447. The van der Waals surface area contributed by atoms with Crippen molar-refractivity contribution in [2.24, 2.45) is 0 Å². The van der Waals surface area contributed by atoms with Gasteiger partial charge in [0.25, 0.3) is 15.7 Å². The maximum Gasteiger partial charge on any atom is 0.273 e. The first-order valence-corrected chi connectivity index (χ1v) is 15.9. The molecule has 1 N–H and O–H groups in total. The van der Waals surface area contributed by atoms with Crippen LogP contribution in [-0.4, -0.2) is 55.8 Å². The fourth-order valence-corrected chi connectivity index (χ4v) is 6.73. The second-order valence-electron chi connectivity index (χ2n) is 11.0. The molecule has 0 heterocycles. The largest absolute Gasteiger partial charge is 0.497 e. The SMILES string of the molecule is COc1ccc(N(CC(=O)N(Cc2ccccc2C)[C@@H](C)C(=O)NC2CCCC2)S(=O)(=O)c2ccc(C)c([N+](=O)[O-])c2)cc1. The van der Waals surface area contributed by atoms with E-state index in [2.05, 4.69) is 5.32 Å². The highest BCUT2D eigenvalue weighted by atomic mass is 32.2. The molecule has 0 saturated heterocycles. The van der Waals surface area contributed by atoms with Gasteiger partial charge in [0.15, 0.2) is 0 Å². The van der Waals surface area contributed by atoms with Crippen molar-refractivity contribution >= 4 is 33.2 Å². The smallest absolute Gasteiger partial charge is 0.273 e. The van der Waals surface area contributed by atoms with Gasteiger partial charge in [-0.1, -0.05) is 43.2 Å². The number of amides is 2. The van der Waals surface area contributed by atoms with Gasteiger partial charge in [0.1, 0.15) is 18.3 Å². The molecule has 234 valence electrons. The fraction of sp³-hybridized carbons (Fsp3) is 0.375. The number of carbonyl (C=O) groups is 2. The molecule has 0 radical (unpaired) electrons. The Kier molecular flexibility index (Phi) is 10.3. The Hall–Kier alpha value is -4.45. The zero-order chi connectivity index (χ0) is 32.0. The number of hydrogen-bond donors (Lipinski definition) is 1. The van der Waals surface area contributed by atoms with E-state index >= 15 is 0 Å². The lowest BCUT2D eigenvalue weighted by molar-refractivity contribution is -0.385. The summed E-state index contributed by atoms with van der Waals surface area (Å²) in [6, 6.07) is 16.4. The topological polar surface area (TPSA) is 139 Å². The summed E-state index contributed by atoms with van der Waals surface area (Å²) in [7, 11) is -3.01. The number of rotatable bonds is 12. The third-order valence-electron chi connectivity index (χ3n) is 8.08. The normalized spacial score (nSPS) is 14.1. The lowest BCUT2D eigenvalue weighted by Gasteiger charge is -2.33. The van der Waals surface area contributed by atoms with E-state index < -0.39 is 33.4 Å². The molecule has 0 spiro atoms. The molecule has 44 heavy (non-hydrogen) atoms. The highest BCUT2D eigenvalue weighted by Crippen LogP contribution is 2.30. The molecule has 3 aromatic rings. The average Bonchev–Trinajstić information content (AvgIpc) is 3.52. The molecule has 1 aliphatic rings. The average molecular weight is 623 g/mol. The van der Waals surface area contributed by atoms with Crippen LogP contribution in [0, 0.1) is 24.0 Å². The van der Waals surface area contributed by atoms with Crippen LogP contribution in [0.2, 0.25) is 0 Å². The van der Waals surface area contributed by atoms with E-state index in [9.17, 15) is 28.1 Å². The molecule has 0 unspecified atom stereocenters. The molecule has 0 bridgehead atoms. The van der Waals surface area contributed by atoms with Crippen LogP contribution < -0.4 is 14.4 Å². The zero-order valence-electron chi connectivity index (χ0n) is 25.4. The van der Waals surface area contributed by atoms with E-state index in [-0.39, 0.29) is 34.8 Å². The van der Waals surface area contributed by atoms with E-state index in [0.29, 0.717) is 11.3 Å². The number of nitrogens with zero attached hydrogens (tertiary/aromatic N) is 3. The van der Waals surface area contributed by atoms with Crippen LogP contribution in [0.25, 0.3) is 0 Å². The monoisotopic (exact) mass is 622 g/mol. The van der Waals surface area contributed by atoms with Gasteiger partial charge in [0.2, 0.25) is 11.8 Å². The first kappa shape index (κ1) is 32.5. The van der Waals surface area contributed by atoms with Crippen LogP contribution in [0.4, 0.5) is 11.4 Å². The summed E-state index contributed by atoms with van der Waals surface area (Å²) in [6.07, 6.45) is 3.79. The molecule has 1 atom stereocenters. The number of benzene rings is 3. The first-order chi connectivity index (χ1) is 20.9. The predicted molar refractivity (Wildman–Crippen MR) is 167 cm³/mol. The van der Waals surface area contributed by atoms with Crippen LogP contribution >= 0.6 is 0 Å². The third kappa shape index (κ3) is 7.36. The molecule has 11 nitrogen and oxygen atoms in total. The lowest BCUT2D eigenvalue weighted by Crippen LogP contribution is -2.52. The van der Waals surface area contributed by atoms with Gasteiger partial charge in [0, 0.05) is 24.2 Å². The molecule has 4 rings (SSSR count). The van der Waals surface area contributed by atoms with Gasteiger partial charge < -0.3 is 15.0 Å². The molecule has 2 amide bonds.